The molecule has 0 N–H and O–H groups in total. The zero-order chi connectivity index (χ0) is 13.6. The molecular weight excluding hydrogens is 252 g/mol. The van der Waals surface area contributed by atoms with Crippen LogP contribution in [0.15, 0.2) is 24.3 Å². The van der Waals surface area contributed by atoms with E-state index in [0.717, 1.165) is 0 Å². The lowest BCUT2D eigenvalue weighted by atomic mass is 9.94. The molecule has 1 fully saturated rings. The second kappa shape index (κ2) is 4.25. The fraction of sp³-hybridized carbons (Fsp3) is 0.500. The quantitative estimate of drug-likeness (QED) is 0.732. The van der Waals surface area contributed by atoms with Crippen molar-refractivity contribution in [3.05, 3.63) is 34.9 Å². The van der Waals surface area contributed by atoms with Crippen LogP contribution in [0, 0.1) is 5.41 Å². The summed E-state index contributed by atoms with van der Waals surface area (Å²) in [5.74, 6) is -0.371. The van der Waals surface area contributed by atoms with Gasteiger partial charge in [-0.3, -0.25) is 0 Å². The molecule has 0 aromatic heterocycles. The molecule has 0 aliphatic carbocycles. The third kappa shape index (κ3) is 2.25. The minimum Gasteiger partial charge on any atom is -0.433 e. The fourth-order valence-electron chi connectivity index (χ4n) is 1.82. The number of carbonyl (C=O) groups is 1. The van der Waals surface area contributed by atoms with Crippen LogP contribution in [0.4, 0.5) is 0 Å². The van der Waals surface area contributed by atoms with Crippen molar-refractivity contribution in [3.63, 3.8) is 0 Å². The van der Waals surface area contributed by atoms with Gasteiger partial charge in [0.05, 0.1) is 0 Å². The van der Waals surface area contributed by atoms with Crippen molar-refractivity contribution in [1.29, 1.82) is 0 Å². The number of benzene rings is 1. The Hall–Kier alpha value is -1.06. The van der Waals surface area contributed by atoms with E-state index in [1.54, 1.807) is 25.1 Å². The van der Waals surface area contributed by atoms with Gasteiger partial charge in [-0.15, -0.1) is 0 Å². The zero-order valence-electron chi connectivity index (χ0n) is 11.0. The fourth-order valence-corrected chi connectivity index (χ4v) is 2.01. The van der Waals surface area contributed by atoms with Crippen LogP contribution in [0.5, 0.6) is 0 Å². The van der Waals surface area contributed by atoms with E-state index in [1.807, 2.05) is 26.8 Å². The first kappa shape index (κ1) is 13.4. The SMILES string of the molecule is CC(C)(C)[C@H]1OC(=O)[C@@](C)(c2cccc(Cl)c2)O1. The third-order valence-electron chi connectivity index (χ3n) is 3.03. The largest absolute Gasteiger partial charge is 0.433 e. The molecule has 1 heterocycles. The summed E-state index contributed by atoms with van der Waals surface area (Å²) in [5, 5.41) is 0.573. The van der Waals surface area contributed by atoms with Gasteiger partial charge in [0.25, 0.3) is 0 Å². The minimum absolute atomic E-state index is 0.258. The van der Waals surface area contributed by atoms with Gasteiger partial charge in [0.15, 0.2) is 5.60 Å². The summed E-state index contributed by atoms with van der Waals surface area (Å²) in [6, 6.07) is 7.10. The second-order valence-electron chi connectivity index (χ2n) is 5.76. The van der Waals surface area contributed by atoms with E-state index < -0.39 is 11.9 Å². The van der Waals surface area contributed by atoms with E-state index in [4.69, 9.17) is 21.1 Å². The number of cyclic esters (lactones) is 1. The minimum atomic E-state index is -1.08. The first-order valence-corrected chi connectivity index (χ1v) is 6.26. The molecule has 1 aromatic carbocycles. The molecule has 2 atom stereocenters. The summed E-state index contributed by atoms with van der Waals surface area (Å²) < 4.78 is 11.2. The summed E-state index contributed by atoms with van der Waals surface area (Å²) >= 11 is 5.95. The molecule has 4 heteroatoms. The summed E-state index contributed by atoms with van der Waals surface area (Å²) in [6.45, 7) is 7.62. The maximum atomic E-state index is 12.1. The van der Waals surface area contributed by atoms with Gasteiger partial charge >= 0.3 is 5.97 Å². The van der Waals surface area contributed by atoms with Crippen molar-refractivity contribution in [2.24, 2.45) is 5.41 Å². The van der Waals surface area contributed by atoms with Crippen molar-refractivity contribution < 1.29 is 14.3 Å². The summed E-state index contributed by atoms with van der Waals surface area (Å²) in [6.07, 6.45) is -0.547. The van der Waals surface area contributed by atoms with Crippen molar-refractivity contribution in [2.75, 3.05) is 0 Å². The van der Waals surface area contributed by atoms with Gasteiger partial charge in [-0.1, -0.05) is 44.5 Å². The molecule has 0 saturated carbocycles. The van der Waals surface area contributed by atoms with Gasteiger partial charge in [-0.2, -0.15) is 0 Å². The van der Waals surface area contributed by atoms with E-state index in [0.29, 0.717) is 10.6 Å². The lowest BCUT2D eigenvalue weighted by Gasteiger charge is -2.26. The van der Waals surface area contributed by atoms with E-state index in [1.165, 1.54) is 0 Å². The van der Waals surface area contributed by atoms with Crippen LogP contribution in [-0.4, -0.2) is 12.3 Å². The highest BCUT2D eigenvalue weighted by Gasteiger charge is 2.51. The van der Waals surface area contributed by atoms with Crippen LogP contribution < -0.4 is 0 Å². The molecule has 3 nitrogen and oxygen atoms in total. The number of ether oxygens (including phenoxy) is 2. The Morgan fingerprint density at radius 2 is 2.00 bits per heavy atom. The van der Waals surface area contributed by atoms with E-state index in [2.05, 4.69) is 0 Å². The summed E-state index contributed by atoms with van der Waals surface area (Å²) in [5.41, 5.74) is -0.624. The van der Waals surface area contributed by atoms with Gasteiger partial charge in [0.2, 0.25) is 6.29 Å². The standard InChI is InChI=1S/C14H17ClO3/c1-13(2,3)12-17-11(16)14(4,18-12)9-6-5-7-10(15)8-9/h5-8,12H,1-4H3/t12-,14+/m0/s1. The Labute approximate surface area is 112 Å². The van der Waals surface area contributed by atoms with E-state index in [-0.39, 0.29) is 11.4 Å². The van der Waals surface area contributed by atoms with Crippen LogP contribution in [0.1, 0.15) is 33.3 Å². The van der Waals surface area contributed by atoms with Gasteiger partial charge in [-0.05, 0) is 24.6 Å². The van der Waals surface area contributed by atoms with Gasteiger partial charge in [-0.25, -0.2) is 4.79 Å². The maximum Gasteiger partial charge on any atom is 0.345 e. The molecule has 98 valence electrons. The lowest BCUT2D eigenvalue weighted by molar-refractivity contribution is -0.155. The summed E-state index contributed by atoms with van der Waals surface area (Å²) in [7, 11) is 0. The molecule has 2 rings (SSSR count). The molecule has 1 aliphatic heterocycles. The van der Waals surface area contributed by atoms with Crippen molar-refractivity contribution >= 4 is 17.6 Å². The predicted octanol–water partition coefficient (Wildman–Crippen LogP) is 3.50. The van der Waals surface area contributed by atoms with Crippen LogP contribution >= 0.6 is 11.6 Å². The number of esters is 1. The number of rotatable bonds is 1. The molecular formula is C14H17ClO3. The first-order valence-electron chi connectivity index (χ1n) is 5.88. The van der Waals surface area contributed by atoms with Crippen LogP contribution in [0.2, 0.25) is 5.02 Å². The Morgan fingerprint density at radius 1 is 1.33 bits per heavy atom. The van der Waals surface area contributed by atoms with E-state index >= 15 is 0 Å². The average Bonchev–Trinajstić information content (AvgIpc) is 2.56. The number of halogens is 1. The van der Waals surface area contributed by atoms with Gasteiger partial charge < -0.3 is 9.47 Å². The Kier molecular flexibility index (Phi) is 3.16. The smallest absolute Gasteiger partial charge is 0.345 e. The highest BCUT2D eigenvalue weighted by molar-refractivity contribution is 6.30. The highest BCUT2D eigenvalue weighted by atomic mass is 35.5. The van der Waals surface area contributed by atoms with Crippen molar-refractivity contribution in [1.82, 2.24) is 0 Å². The van der Waals surface area contributed by atoms with Crippen molar-refractivity contribution in [2.45, 2.75) is 39.6 Å². The molecule has 0 spiro atoms. The first-order chi connectivity index (χ1) is 8.23. The average molecular weight is 269 g/mol. The number of carbonyl (C=O) groups excluding carboxylic acids is 1. The van der Waals surface area contributed by atoms with Crippen LogP contribution in [-0.2, 0) is 19.9 Å². The van der Waals surface area contributed by atoms with Crippen LogP contribution in [0.3, 0.4) is 0 Å². The lowest BCUT2D eigenvalue weighted by Crippen LogP contribution is -2.32. The topological polar surface area (TPSA) is 35.5 Å². The summed E-state index contributed by atoms with van der Waals surface area (Å²) in [4.78, 5) is 12.1. The number of hydrogen-bond donors (Lipinski definition) is 0. The third-order valence-corrected chi connectivity index (χ3v) is 3.26. The normalized spacial score (nSPS) is 28.3. The highest BCUT2D eigenvalue weighted by Crippen LogP contribution is 2.40. The number of hydrogen-bond acceptors (Lipinski definition) is 3. The second-order valence-corrected chi connectivity index (χ2v) is 6.20. The van der Waals surface area contributed by atoms with Crippen molar-refractivity contribution in [3.8, 4) is 0 Å². The molecule has 0 unspecified atom stereocenters. The molecule has 18 heavy (non-hydrogen) atoms. The zero-order valence-corrected chi connectivity index (χ0v) is 11.7. The maximum absolute atomic E-state index is 12.1. The molecule has 1 saturated heterocycles. The molecule has 1 aromatic rings. The van der Waals surface area contributed by atoms with Crippen LogP contribution in [0.25, 0.3) is 0 Å². The monoisotopic (exact) mass is 268 g/mol. The van der Waals surface area contributed by atoms with E-state index in [9.17, 15) is 4.79 Å². The Morgan fingerprint density at radius 3 is 2.50 bits per heavy atom. The van der Waals surface area contributed by atoms with Gasteiger partial charge in [0, 0.05) is 10.4 Å². The molecule has 0 radical (unpaired) electrons. The predicted molar refractivity (Wildman–Crippen MR) is 69.2 cm³/mol. The Bertz CT molecular complexity index is 478. The Balaban J connectivity index is 2.35. The molecule has 1 aliphatic rings. The molecule has 0 amide bonds. The molecule has 0 bridgehead atoms. The van der Waals surface area contributed by atoms with Gasteiger partial charge in [0.1, 0.15) is 0 Å².